The number of nitrogens with one attached hydrogen (secondary N) is 1. The van der Waals surface area contributed by atoms with Gasteiger partial charge in [0.2, 0.25) is 11.8 Å². The third kappa shape index (κ3) is 4.69. The van der Waals surface area contributed by atoms with Gasteiger partial charge in [-0.3, -0.25) is 14.6 Å². The van der Waals surface area contributed by atoms with E-state index in [9.17, 15) is 9.59 Å². The van der Waals surface area contributed by atoms with E-state index in [4.69, 9.17) is 4.98 Å². The standard InChI is InChI=1S/C25H33N7O2/c1-16-10-27-24(11-26-16)28-23-8-20(19-4-6-30(7-5-19)17(2)33)9-25(29-23)32-14-21-12-31(18(3)34)13-22(21)15-32/h8-11,19,21-22H,4-7,12-15H2,1-3H3,(H,27,28,29). The van der Waals surface area contributed by atoms with Crippen LogP contribution in [-0.2, 0) is 9.59 Å². The van der Waals surface area contributed by atoms with E-state index in [2.05, 4.69) is 32.3 Å². The topological polar surface area (TPSA) is 94.6 Å². The summed E-state index contributed by atoms with van der Waals surface area (Å²) >= 11 is 0. The average molecular weight is 464 g/mol. The van der Waals surface area contributed by atoms with Crippen LogP contribution in [0.5, 0.6) is 0 Å². The molecule has 0 saturated carbocycles. The summed E-state index contributed by atoms with van der Waals surface area (Å²) in [5.41, 5.74) is 2.12. The molecule has 1 N–H and O–H groups in total. The number of aromatic nitrogens is 3. The molecule has 3 saturated heterocycles. The van der Waals surface area contributed by atoms with Crippen LogP contribution in [0.3, 0.4) is 0 Å². The minimum Gasteiger partial charge on any atom is -0.356 e. The lowest BCUT2D eigenvalue weighted by molar-refractivity contribution is -0.130. The van der Waals surface area contributed by atoms with Crippen molar-refractivity contribution in [1.29, 1.82) is 0 Å². The molecule has 3 fully saturated rings. The average Bonchev–Trinajstić information content (AvgIpc) is 3.40. The molecule has 2 atom stereocenters. The Labute approximate surface area is 200 Å². The number of pyridine rings is 1. The number of rotatable bonds is 4. The second-order valence-electron chi connectivity index (χ2n) is 9.94. The monoisotopic (exact) mass is 463 g/mol. The van der Waals surface area contributed by atoms with Gasteiger partial charge in [-0.25, -0.2) is 9.97 Å². The minimum absolute atomic E-state index is 0.150. The number of piperidine rings is 1. The summed E-state index contributed by atoms with van der Waals surface area (Å²) < 4.78 is 0. The highest BCUT2D eigenvalue weighted by Crippen LogP contribution is 2.37. The molecule has 34 heavy (non-hydrogen) atoms. The lowest BCUT2D eigenvalue weighted by Gasteiger charge is -2.32. The predicted molar refractivity (Wildman–Crippen MR) is 130 cm³/mol. The molecule has 0 spiro atoms. The molecule has 180 valence electrons. The number of carbonyl (C=O) groups excluding carboxylic acids is 2. The third-order valence-corrected chi connectivity index (χ3v) is 7.54. The first kappa shape index (κ1) is 22.6. The highest BCUT2D eigenvalue weighted by Gasteiger charge is 2.41. The second kappa shape index (κ2) is 9.19. The molecule has 0 aliphatic carbocycles. The summed E-state index contributed by atoms with van der Waals surface area (Å²) in [4.78, 5) is 43.6. The number of aryl methyl sites for hydroxylation is 1. The van der Waals surface area contributed by atoms with E-state index in [1.807, 2.05) is 16.7 Å². The molecule has 5 rings (SSSR count). The molecule has 5 heterocycles. The van der Waals surface area contributed by atoms with Crippen molar-refractivity contribution in [3.8, 4) is 0 Å². The van der Waals surface area contributed by atoms with Crippen LogP contribution in [0.2, 0.25) is 0 Å². The molecular weight excluding hydrogens is 430 g/mol. The van der Waals surface area contributed by atoms with E-state index < -0.39 is 0 Å². The Kier molecular flexibility index (Phi) is 6.10. The van der Waals surface area contributed by atoms with E-state index in [1.54, 1.807) is 26.2 Å². The fourth-order valence-corrected chi connectivity index (χ4v) is 5.55. The van der Waals surface area contributed by atoms with Crippen LogP contribution in [0, 0.1) is 18.8 Å². The van der Waals surface area contributed by atoms with E-state index in [1.165, 1.54) is 5.56 Å². The van der Waals surface area contributed by atoms with Gasteiger partial charge in [0.05, 0.1) is 18.1 Å². The van der Waals surface area contributed by atoms with Crippen molar-refractivity contribution in [2.45, 2.75) is 39.5 Å². The quantitative estimate of drug-likeness (QED) is 0.745. The number of hydrogen-bond donors (Lipinski definition) is 1. The largest absolute Gasteiger partial charge is 0.356 e. The van der Waals surface area contributed by atoms with Gasteiger partial charge in [-0.05, 0) is 43.4 Å². The Bertz CT molecular complexity index is 1050. The van der Waals surface area contributed by atoms with Crippen LogP contribution in [0.15, 0.2) is 24.5 Å². The number of likely N-dealkylation sites (tertiary alicyclic amines) is 2. The number of amides is 2. The van der Waals surface area contributed by atoms with Gasteiger partial charge in [0.25, 0.3) is 0 Å². The number of anilines is 3. The van der Waals surface area contributed by atoms with Crippen molar-refractivity contribution in [1.82, 2.24) is 24.8 Å². The molecule has 3 aliphatic rings. The SMILES string of the molecule is CC(=O)N1CCC(c2cc(Nc3cnc(C)cn3)nc(N3CC4CN(C(C)=O)CC4C3)c2)CC1. The lowest BCUT2D eigenvalue weighted by atomic mass is 9.89. The summed E-state index contributed by atoms with van der Waals surface area (Å²) in [6.45, 7) is 10.3. The first-order valence-electron chi connectivity index (χ1n) is 12.2. The number of fused-ring (bicyclic) bond motifs is 1. The fraction of sp³-hybridized carbons (Fsp3) is 0.560. The van der Waals surface area contributed by atoms with Gasteiger partial charge < -0.3 is 20.0 Å². The molecule has 2 amide bonds. The molecule has 0 bridgehead atoms. The van der Waals surface area contributed by atoms with Crippen molar-refractivity contribution in [3.05, 3.63) is 35.8 Å². The summed E-state index contributed by atoms with van der Waals surface area (Å²) in [6, 6.07) is 4.34. The summed E-state index contributed by atoms with van der Waals surface area (Å²) in [5.74, 6) is 4.10. The smallest absolute Gasteiger partial charge is 0.219 e. The Hall–Kier alpha value is -3.23. The van der Waals surface area contributed by atoms with Crippen LogP contribution in [0.25, 0.3) is 0 Å². The van der Waals surface area contributed by atoms with Crippen molar-refractivity contribution in [3.63, 3.8) is 0 Å². The zero-order valence-electron chi connectivity index (χ0n) is 20.2. The van der Waals surface area contributed by atoms with Crippen LogP contribution in [0.1, 0.15) is 43.9 Å². The normalized spacial score (nSPS) is 22.7. The maximum Gasteiger partial charge on any atom is 0.219 e. The Morgan fingerprint density at radius 2 is 1.56 bits per heavy atom. The van der Waals surface area contributed by atoms with E-state index in [0.717, 1.165) is 69.4 Å². The van der Waals surface area contributed by atoms with Gasteiger partial charge in [-0.2, -0.15) is 0 Å². The third-order valence-electron chi connectivity index (χ3n) is 7.54. The highest BCUT2D eigenvalue weighted by atomic mass is 16.2. The van der Waals surface area contributed by atoms with Crippen molar-refractivity contribution < 1.29 is 9.59 Å². The summed E-state index contributed by atoms with van der Waals surface area (Å²) in [6.07, 6.45) is 5.37. The maximum atomic E-state index is 11.8. The van der Waals surface area contributed by atoms with E-state index in [-0.39, 0.29) is 11.8 Å². The second-order valence-corrected chi connectivity index (χ2v) is 9.94. The predicted octanol–water partition coefficient (Wildman–Crippen LogP) is 2.56. The number of hydrogen-bond acceptors (Lipinski definition) is 7. The molecule has 3 aliphatic heterocycles. The van der Waals surface area contributed by atoms with Crippen molar-refractivity contribution in [2.75, 3.05) is 49.5 Å². The van der Waals surface area contributed by atoms with E-state index >= 15 is 0 Å². The first-order valence-corrected chi connectivity index (χ1v) is 12.2. The van der Waals surface area contributed by atoms with Crippen molar-refractivity contribution in [2.24, 2.45) is 11.8 Å². The number of nitrogens with zero attached hydrogens (tertiary/aromatic N) is 6. The van der Waals surface area contributed by atoms with Gasteiger partial charge >= 0.3 is 0 Å². The zero-order valence-corrected chi connectivity index (χ0v) is 20.2. The van der Waals surface area contributed by atoms with Gasteiger partial charge in [-0.1, -0.05) is 0 Å². The number of carbonyl (C=O) groups is 2. The van der Waals surface area contributed by atoms with Crippen LogP contribution < -0.4 is 10.2 Å². The Balaban J connectivity index is 1.38. The van der Waals surface area contributed by atoms with Crippen LogP contribution in [0.4, 0.5) is 17.5 Å². The zero-order chi connectivity index (χ0) is 23.8. The Morgan fingerprint density at radius 3 is 2.15 bits per heavy atom. The van der Waals surface area contributed by atoms with Crippen LogP contribution >= 0.6 is 0 Å². The molecule has 2 unspecified atom stereocenters. The molecule has 2 aromatic rings. The molecule has 9 nitrogen and oxygen atoms in total. The summed E-state index contributed by atoms with van der Waals surface area (Å²) in [7, 11) is 0. The molecule has 0 radical (unpaired) electrons. The molecule has 0 aromatic carbocycles. The highest BCUT2D eigenvalue weighted by molar-refractivity contribution is 5.74. The van der Waals surface area contributed by atoms with Gasteiger partial charge in [-0.15, -0.1) is 0 Å². The molecule has 2 aromatic heterocycles. The van der Waals surface area contributed by atoms with Gasteiger partial charge in [0.1, 0.15) is 17.5 Å². The Morgan fingerprint density at radius 1 is 0.882 bits per heavy atom. The lowest BCUT2D eigenvalue weighted by Crippen LogP contribution is -2.36. The first-order chi connectivity index (χ1) is 16.4. The minimum atomic E-state index is 0.150. The van der Waals surface area contributed by atoms with Gasteiger partial charge in [0, 0.05) is 65.0 Å². The molecular formula is C25H33N7O2. The van der Waals surface area contributed by atoms with Crippen molar-refractivity contribution >= 4 is 29.3 Å². The fourth-order valence-electron chi connectivity index (χ4n) is 5.55. The van der Waals surface area contributed by atoms with Gasteiger partial charge in [0.15, 0.2) is 0 Å². The summed E-state index contributed by atoms with van der Waals surface area (Å²) in [5, 5.41) is 3.35. The molecule has 9 heteroatoms. The van der Waals surface area contributed by atoms with E-state index in [0.29, 0.717) is 23.6 Å². The maximum absolute atomic E-state index is 11.8. The van der Waals surface area contributed by atoms with Crippen LogP contribution in [-0.4, -0.2) is 75.8 Å².